The molecule has 3 heterocycles. The molecular weight excluding hydrogens is 334 g/mol. The first kappa shape index (κ1) is 18.2. The lowest BCUT2D eigenvalue weighted by Crippen LogP contribution is -2.50. The summed E-state index contributed by atoms with van der Waals surface area (Å²) < 4.78 is 0. The summed E-state index contributed by atoms with van der Waals surface area (Å²) in [6.07, 6.45) is 2.82. The van der Waals surface area contributed by atoms with Crippen molar-refractivity contribution in [3.63, 3.8) is 0 Å². The average Bonchev–Trinajstić information content (AvgIpc) is 3.25. The molecule has 128 valence electrons. The van der Waals surface area contributed by atoms with Crippen LogP contribution in [0.1, 0.15) is 29.6 Å². The molecule has 1 atom stereocenters. The molecular formula is C16H24ClN3O2S. The highest BCUT2D eigenvalue weighted by molar-refractivity contribution is 7.08. The van der Waals surface area contributed by atoms with Crippen LogP contribution in [0.3, 0.4) is 0 Å². The van der Waals surface area contributed by atoms with Crippen LogP contribution in [0.15, 0.2) is 16.8 Å². The smallest absolute Gasteiger partial charge is 0.254 e. The highest BCUT2D eigenvalue weighted by atomic mass is 35.5. The van der Waals surface area contributed by atoms with Crippen molar-refractivity contribution < 1.29 is 9.59 Å². The van der Waals surface area contributed by atoms with Crippen LogP contribution < -0.4 is 5.32 Å². The van der Waals surface area contributed by atoms with Crippen LogP contribution in [0.4, 0.5) is 0 Å². The van der Waals surface area contributed by atoms with Gasteiger partial charge in [0, 0.05) is 38.0 Å². The quantitative estimate of drug-likeness (QED) is 0.894. The Kier molecular flexibility index (Phi) is 6.87. The summed E-state index contributed by atoms with van der Waals surface area (Å²) in [4.78, 5) is 28.3. The first-order valence-corrected chi connectivity index (χ1v) is 8.98. The molecule has 1 aromatic heterocycles. The molecule has 7 heteroatoms. The van der Waals surface area contributed by atoms with E-state index >= 15 is 0 Å². The van der Waals surface area contributed by atoms with Gasteiger partial charge in [-0.1, -0.05) is 0 Å². The molecule has 0 radical (unpaired) electrons. The van der Waals surface area contributed by atoms with Crippen molar-refractivity contribution in [2.24, 2.45) is 5.92 Å². The minimum atomic E-state index is 0. The van der Waals surface area contributed by atoms with E-state index < -0.39 is 0 Å². The van der Waals surface area contributed by atoms with Gasteiger partial charge in [-0.25, -0.2) is 0 Å². The second kappa shape index (κ2) is 8.66. The van der Waals surface area contributed by atoms with E-state index in [4.69, 9.17) is 0 Å². The minimum absolute atomic E-state index is 0. The van der Waals surface area contributed by atoms with Gasteiger partial charge >= 0.3 is 0 Å². The molecule has 0 saturated carbocycles. The molecule has 2 amide bonds. The van der Waals surface area contributed by atoms with Gasteiger partial charge in [0.25, 0.3) is 5.91 Å². The molecule has 2 saturated heterocycles. The maximum absolute atomic E-state index is 12.3. The van der Waals surface area contributed by atoms with Crippen LogP contribution >= 0.6 is 23.7 Å². The molecule has 1 aromatic rings. The Morgan fingerprint density at radius 1 is 1.22 bits per heavy atom. The monoisotopic (exact) mass is 357 g/mol. The molecule has 0 aromatic carbocycles. The van der Waals surface area contributed by atoms with E-state index in [1.165, 1.54) is 17.8 Å². The molecule has 2 aliphatic heterocycles. The number of hydrogen-bond donors (Lipinski definition) is 1. The van der Waals surface area contributed by atoms with Crippen molar-refractivity contribution in [2.45, 2.75) is 19.3 Å². The van der Waals surface area contributed by atoms with E-state index in [1.54, 1.807) is 0 Å². The van der Waals surface area contributed by atoms with Gasteiger partial charge in [-0.2, -0.15) is 11.3 Å². The van der Waals surface area contributed by atoms with Crippen molar-refractivity contribution in [1.82, 2.24) is 15.1 Å². The molecule has 5 nitrogen and oxygen atoms in total. The van der Waals surface area contributed by atoms with Gasteiger partial charge in [0.1, 0.15) is 0 Å². The average molecular weight is 358 g/mol. The van der Waals surface area contributed by atoms with Crippen molar-refractivity contribution in [3.8, 4) is 0 Å². The summed E-state index contributed by atoms with van der Waals surface area (Å²) in [5, 5.41) is 7.14. The van der Waals surface area contributed by atoms with Crippen LogP contribution in [-0.2, 0) is 4.79 Å². The van der Waals surface area contributed by atoms with Gasteiger partial charge in [-0.3, -0.25) is 9.59 Å². The van der Waals surface area contributed by atoms with Gasteiger partial charge < -0.3 is 15.1 Å². The molecule has 1 unspecified atom stereocenters. The number of carbonyl (C=O) groups is 2. The van der Waals surface area contributed by atoms with Gasteiger partial charge in [-0.05, 0) is 43.3 Å². The highest BCUT2D eigenvalue weighted by Crippen LogP contribution is 2.16. The number of rotatable bonds is 4. The number of amides is 2. The van der Waals surface area contributed by atoms with E-state index in [9.17, 15) is 9.59 Å². The summed E-state index contributed by atoms with van der Waals surface area (Å²) in [6, 6.07) is 1.86. The number of carbonyl (C=O) groups excluding carboxylic acids is 2. The molecule has 1 N–H and O–H groups in total. The van der Waals surface area contributed by atoms with Crippen molar-refractivity contribution in [1.29, 1.82) is 0 Å². The predicted molar refractivity (Wildman–Crippen MR) is 94.3 cm³/mol. The number of nitrogens with one attached hydrogen (secondary N) is 1. The number of hydrogen-bond acceptors (Lipinski definition) is 4. The molecule has 0 spiro atoms. The Labute approximate surface area is 147 Å². The lowest BCUT2D eigenvalue weighted by Gasteiger charge is -2.35. The lowest BCUT2D eigenvalue weighted by molar-refractivity contribution is -0.132. The molecule has 0 bridgehead atoms. The van der Waals surface area contributed by atoms with Crippen molar-refractivity contribution >= 4 is 35.6 Å². The summed E-state index contributed by atoms with van der Waals surface area (Å²) in [5.41, 5.74) is 0.763. The van der Waals surface area contributed by atoms with E-state index in [-0.39, 0.29) is 24.2 Å². The molecule has 23 heavy (non-hydrogen) atoms. The zero-order valence-electron chi connectivity index (χ0n) is 13.2. The zero-order valence-corrected chi connectivity index (χ0v) is 14.8. The zero-order chi connectivity index (χ0) is 15.4. The Bertz CT molecular complexity index is 509. The second-order valence-electron chi connectivity index (χ2n) is 6.08. The molecule has 0 aliphatic carbocycles. The third-order valence-corrected chi connectivity index (χ3v) is 5.30. The van der Waals surface area contributed by atoms with Crippen molar-refractivity contribution in [2.75, 3.05) is 39.3 Å². The second-order valence-corrected chi connectivity index (χ2v) is 6.86. The summed E-state index contributed by atoms with van der Waals surface area (Å²) in [7, 11) is 0. The molecule has 3 rings (SSSR count). The number of piperazine rings is 1. The largest absolute Gasteiger partial charge is 0.339 e. The first-order valence-electron chi connectivity index (χ1n) is 8.04. The summed E-state index contributed by atoms with van der Waals surface area (Å²) >= 11 is 1.54. The Hall–Kier alpha value is -1.11. The minimum Gasteiger partial charge on any atom is -0.339 e. The topological polar surface area (TPSA) is 52.7 Å². The fourth-order valence-corrected chi connectivity index (χ4v) is 3.80. The normalized spacial score (nSPS) is 21.1. The maximum atomic E-state index is 12.3. The van der Waals surface area contributed by atoms with E-state index in [2.05, 4.69) is 5.32 Å². The Morgan fingerprint density at radius 2 is 1.96 bits per heavy atom. The Morgan fingerprint density at radius 3 is 2.57 bits per heavy atom. The molecule has 2 fully saturated rings. The lowest BCUT2D eigenvalue weighted by atomic mass is 10.0. The summed E-state index contributed by atoms with van der Waals surface area (Å²) in [6.45, 7) is 4.75. The van der Waals surface area contributed by atoms with E-state index in [0.717, 1.165) is 25.1 Å². The van der Waals surface area contributed by atoms with Crippen LogP contribution in [0, 0.1) is 5.92 Å². The number of nitrogens with zero attached hydrogens (tertiary/aromatic N) is 2. The van der Waals surface area contributed by atoms with Crippen molar-refractivity contribution in [3.05, 3.63) is 22.4 Å². The highest BCUT2D eigenvalue weighted by Gasteiger charge is 2.25. The van der Waals surface area contributed by atoms with Gasteiger partial charge in [0.05, 0.1) is 5.56 Å². The van der Waals surface area contributed by atoms with E-state index in [1.807, 2.05) is 26.6 Å². The number of thiophene rings is 1. The molecule has 2 aliphatic rings. The maximum Gasteiger partial charge on any atom is 0.254 e. The summed E-state index contributed by atoms with van der Waals surface area (Å²) in [5.74, 6) is 0.991. The first-order chi connectivity index (χ1) is 10.7. The fourth-order valence-electron chi connectivity index (χ4n) is 3.17. The van der Waals surface area contributed by atoms with Crippen LogP contribution in [0.25, 0.3) is 0 Å². The van der Waals surface area contributed by atoms with E-state index in [0.29, 0.717) is 38.5 Å². The third kappa shape index (κ3) is 4.68. The van der Waals surface area contributed by atoms with Crippen LogP contribution in [0.5, 0.6) is 0 Å². The number of halogens is 1. The predicted octanol–water partition coefficient (Wildman–Crippen LogP) is 1.84. The Balaban J connectivity index is 0.00000192. The van der Waals surface area contributed by atoms with Crippen LogP contribution in [-0.4, -0.2) is 60.9 Å². The standard InChI is InChI=1S/C16H23N3O2S.ClH/c20-15(2-1-13-3-5-17-11-13)18-6-8-19(9-7-18)16(21)14-4-10-22-12-14;/h4,10,12-13,17H,1-3,5-9,11H2;1H. The fraction of sp³-hybridized carbons (Fsp3) is 0.625. The van der Waals surface area contributed by atoms with Gasteiger partial charge in [0.2, 0.25) is 5.91 Å². The SMILES string of the molecule is Cl.O=C(CCC1CCNC1)N1CCN(C(=O)c2ccsc2)CC1. The van der Waals surface area contributed by atoms with Gasteiger partial charge in [-0.15, -0.1) is 12.4 Å². The third-order valence-electron chi connectivity index (χ3n) is 4.62. The van der Waals surface area contributed by atoms with Crippen LogP contribution in [0.2, 0.25) is 0 Å². The van der Waals surface area contributed by atoms with Gasteiger partial charge in [0.15, 0.2) is 0 Å².